The van der Waals surface area contributed by atoms with Crippen molar-refractivity contribution in [2.45, 2.75) is 25.9 Å². The predicted molar refractivity (Wildman–Crippen MR) is 52.4 cm³/mol. The predicted octanol–water partition coefficient (Wildman–Crippen LogP) is 0.0293. The molecule has 1 heterocycles. The van der Waals surface area contributed by atoms with Crippen LogP contribution < -0.4 is 0 Å². The summed E-state index contributed by atoms with van der Waals surface area (Å²) in [7, 11) is -1.71. The minimum atomic E-state index is -3.26. The molecule has 0 aromatic carbocycles. The monoisotopic (exact) mass is 223 g/mol. The zero-order valence-corrected chi connectivity index (χ0v) is 9.58. The second kappa shape index (κ2) is 4.57. The summed E-state index contributed by atoms with van der Waals surface area (Å²) < 4.78 is 34.8. The molecular weight excluding hydrogens is 206 g/mol. The molecule has 0 aliphatic carbocycles. The number of nitrogens with zero attached hydrogens (tertiary/aromatic N) is 1. The van der Waals surface area contributed by atoms with Crippen molar-refractivity contribution in [2.24, 2.45) is 0 Å². The highest BCUT2D eigenvalue weighted by Gasteiger charge is 2.36. The first-order valence-electron chi connectivity index (χ1n) is 4.57. The Hall–Kier alpha value is -0.170. The average molecular weight is 223 g/mol. The van der Waals surface area contributed by atoms with Crippen molar-refractivity contribution in [1.29, 1.82) is 0 Å². The minimum Gasteiger partial charge on any atom is -0.383 e. The van der Waals surface area contributed by atoms with Gasteiger partial charge < -0.3 is 9.47 Å². The van der Waals surface area contributed by atoms with Gasteiger partial charge in [0.05, 0.1) is 19.3 Å². The third kappa shape index (κ3) is 2.44. The summed E-state index contributed by atoms with van der Waals surface area (Å²) in [5.41, 5.74) is 0. The number of methoxy groups -OCH3 is 1. The Morgan fingerprint density at radius 2 is 2.21 bits per heavy atom. The lowest BCUT2D eigenvalue weighted by molar-refractivity contribution is 0.0331. The van der Waals surface area contributed by atoms with Gasteiger partial charge in [-0.2, -0.15) is 4.31 Å². The van der Waals surface area contributed by atoms with E-state index in [-0.39, 0.29) is 18.0 Å². The van der Waals surface area contributed by atoms with Crippen LogP contribution in [0.3, 0.4) is 0 Å². The normalized spacial score (nSPS) is 28.1. The van der Waals surface area contributed by atoms with E-state index in [1.54, 1.807) is 7.11 Å². The van der Waals surface area contributed by atoms with Gasteiger partial charge in [0.15, 0.2) is 5.94 Å². The highest BCUT2D eigenvalue weighted by atomic mass is 32.2. The summed E-state index contributed by atoms with van der Waals surface area (Å²) in [6.45, 7) is 4.49. The number of sulfonamides is 1. The molecule has 1 rings (SSSR count). The summed E-state index contributed by atoms with van der Waals surface area (Å²) >= 11 is 0. The topological polar surface area (TPSA) is 55.8 Å². The van der Waals surface area contributed by atoms with Crippen LogP contribution in [0.15, 0.2) is 0 Å². The van der Waals surface area contributed by atoms with Crippen molar-refractivity contribution in [1.82, 2.24) is 4.31 Å². The fourth-order valence-corrected chi connectivity index (χ4v) is 3.35. The second-order valence-electron chi connectivity index (χ2n) is 3.63. The Balaban J connectivity index is 2.85. The molecule has 5 nitrogen and oxygen atoms in total. The van der Waals surface area contributed by atoms with Gasteiger partial charge in [0.25, 0.3) is 0 Å². The van der Waals surface area contributed by atoms with Gasteiger partial charge in [-0.3, -0.25) is 0 Å². The third-order valence-corrected chi connectivity index (χ3v) is 3.92. The molecule has 84 valence electrons. The Morgan fingerprint density at radius 3 is 2.71 bits per heavy atom. The minimum absolute atomic E-state index is 0.0518. The van der Waals surface area contributed by atoms with Gasteiger partial charge in [-0.05, 0) is 13.8 Å². The second-order valence-corrected chi connectivity index (χ2v) is 5.45. The third-order valence-electron chi connectivity index (χ3n) is 2.09. The fraction of sp³-hybridized carbons (Fsp3) is 1.00. The molecule has 1 fully saturated rings. The lowest BCUT2D eigenvalue weighted by Crippen LogP contribution is -2.53. The zero-order valence-electron chi connectivity index (χ0n) is 8.76. The van der Waals surface area contributed by atoms with Crippen LogP contribution in [0.2, 0.25) is 0 Å². The summed E-state index contributed by atoms with van der Waals surface area (Å²) in [5, 5.41) is 0. The number of ether oxygens (including phenoxy) is 2. The number of rotatable bonds is 3. The summed E-state index contributed by atoms with van der Waals surface area (Å²) in [5.74, 6) is -0.217. The molecule has 1 atom stereocenters. The Morgan fingerprint density at radius 1 is 1.57 bits per heavy atom. The van der Waals surface area contributed by atoms with Gasteiger partial charge >= 0.3 is 0 Å². The van der Waals surface area contributed by atoms with Crippen molar-refractivity contribution in [3.63, 3.8) is 0 Å². The summed E-state index contributed by atoms with van der Waals surface area (Å²) in [4.78, 5) is 0. The van der Waals surface area contributed by atoms with Gasteiger partial charge in [0.1, 0.15) is 0 Å². The molecule has 1 unspecified atom stereocenters. The van der Waals surface area contributed by atoms with Crippen LogP contribution in [-0.4, -0.2) is 51.1 Å². The molecule has 1 saturated heterocycles. The average Bonchev–Trinajstić information content (AvgIpc) is 2.01. The molecular formula is C8H17NO4S. The molecule has 14 heavy (non-hydrogen) atoms. The molecule has 6 heteroatoms. The van der Waals surface area contributed by atoms with Gasteiger partial charge in [0.2, 0.25) is 10.0 Å². The van der Waals surface area contributed by atoms with E-state index in [2.05, 4.69) is 0 Å². The van der Waals surface area contributed by atoms with E-state index >= 15 is 0 Å². The molecule has 0 N–H and O–H groups in total. The number of hydrogen-bond donors (Lipinski definition) is 0. The van der Waals surface area contributed by atoms with Crippen LogP contribution in [0.25, 0.3) is 0 Å². The zero-order chi connectivity index (χ0) is 10.8. The largest absolute Gasteiger partial charge is 0.383 e. The van der Waals surface area contributed by atoms with E-state index in [1.165, 1.54) is 4.31 Å². The Labute approximate surface area is 85.0 Å². The standard InChI is InChI=1S/C8H17NO4S/c1-7(2)9-8(4-12-3)5-13-6-14(9,10)11/h7-8H,4-6H2,1-3H3. The maximum absolute atomic E-state index is 11.7. The van der Waals surface area contributed by atoms with Crippen LogP contribution in [0.4, 0.5) is 0 Å². The molecule has 0 radical (unpaired) electrons. The maximum atomic E-state index is 11.7. The lowest BCUT2D eigenvalue weighted by atomic mass is 10.3. The molecule has 0 bridgehead atoms. The van der Waals surface area contributed by atoms with E-state index < -0.39 is 10.0 Å². The van der Waals surface area contributed by atoms with Crippen molar-refractivity contribution in [3.8, 4) is 0 Å². The van der Waals surface area contributed by atoms with E-state index in [0.717, 1.165) is 0 Å². The summed E-state index contributed by atoms with van der Waals surface area (Å²) in [6, 6.07) is -0.247. The molecule has 0 saturated carbocycles. The smallest absolute Gasteiger partial charge is 0.239 e. The van der Waals surface area contributed by atoms with Crippen LogP contribution >= 0.6 is 0 Å². The molecule has 1 aliphatic rings. The van der Waals surface area contributed by atoms with Gasteiger partial charge in [0, 0.05) is 13.2 Å². The Kier molecular flexibility index (Phi) is 3.88. The van der Waals surface area contributed by atoms with Gasteiger partial charge in [-0.1, -0.05) is 0 Å². The first kappa shape index (κ1) is 11.9. The molecule has 0 aromatic heterocycles. The van der Waals surface area contributed by atoms with Crippen molar-refractivity contribution < 1.29 is 17.9 Å². The fourth-order valence-electron chi connectivity index (χ4n) is 1.71. The van der Waals surface area contributed by atoms with Crippen LogP contribution in [0, 0.1) is 0 Å². The van der Waals surface area contributed by atoms with Crippen LogP contribution in [-0.2, 0) is 19.5 Å². The van der Waals surface area contributed by atoms with Crippen LogP contribution in [0.5, 0.6) is 0 Å². The lowest BCUT2D eigenvalue weighted by Gasteiger charge is -2.36. The molecule has 1 aliphatic heterocycles. The first-order chi connectivity index (χ1) is 6.49. The van der Waals surface area contributed by atoms with Crippen molar-refractivity contribution in [3.05, 3.63) is 0 Å². The van der Waals surface area contributed by atoms with E-state index in [1.807, 2.05) is 13.8 Å². The Bertz CT molecular complexity index is 273. The summed E-state index contributed by atoms with van der Waals surface area (Å²) in [6.07, 6.45) is 0. The maximum Gasteiger partial charge on any atom is 0.239 e. The van der Waals surface area contributed by atoms with Gasteiger partial charge in [-0.25, -0.2) is 8.42 Å². The SMILES string of the molecule is COCC1COCS(=O)(=O)N1C(C)C. The van der Waals surface area contributed by atoms with Crippen molar-refractivity contribution in [2.75, 3.05) is 26.3 Å². The van der Waals surface area contributed by atoms with Gasteiger partial charge in [-0.15, -0.1) is 0 Å². The van der Waals surface area contributed by atoms with E-state index in [0.29, 0.717) is 13.2 Å². The highest BCUT2D eigenvalue weighted by molar-refractivity contribution is 7.89. The molecule has 0 spiro atoms. The van der Waals surface area contributed by atoms with E-state index in [9.17, 15) is 8.42 Å². The van der Waals surface area contributed by atoms with Crippen molar-refractivity contribution >= 4 is 10.0 Å². The molecule has 0 aromatic rings. The van der Waals surface area contributed by atoms with Crippen LogP contribution in [0.1, 0.15) is 13.8 Å². The quantitative estimate of drug-likeness (QED) is 0.677. The number of hydrogen-bond acceptors (Lipinski definition) is 4. The molecule has 0 amide bonds. The first-order valence-corrected chi connectivity index (χ1v) is 6.18. The van der Waals surface area contributed by atoms with E-state index in [4.69, 9.17) is 9.47 Å². The highest BCUT2D eigenvalue weighted by Crippen LogP contribution is 2.18.